The molecule has 0 N–H and O–H groups in total. The van der Waals surface area contributed by atoms with Crippen LogP contribution in [-0.2, 0) is 5.41 Å². The number of hydrogen-bond acceptors (Lipinski definition) is 1. The van der Waals surface area contributed by atoms with E-state index in [0.29, 0.717) is 0 Å². The lowest BCUT2D eigenvalue weighted by Gasteiger charge is -2.21. The van der Waals surface area contributed by atoms with Crippen molar-refractivity contribution < 1.29 is 4.42 Å². The summed E-state index contributed by atoms with van der Waals surface area (Å²) in [5.41, 5.74) is 11.4. The van der Waals surface area contributed by atoms with Crippen LogP contribution in [0.15, 0.2) is 95.4 Å². The summed E-state index contributed by atoms with van der Waals surface area (Å²) in [4.78, 5) is 0. The van der Waals surface area contributed by atoms with Gasteiger partial charge < -0.3 is 8.82 Å². The number of nitrogens with zero attached hydrogens (tertiary/aromatic N) is 1. The van der Waals surface area contributed by atoms with Crippen LogP contribution in [0.4, 0.5) is 0 Å². The van der Waals surface area contributed by atoms with E-state index in [9.17, 15) is 0 Å². The van der Waals surface area contributed by atoms with Crippen molar-refractivity contribution >= 4 is 60.0 Å². The Balaban J connectivity index is 1.56. The molecule has 2 heteroatoms. The molecule has 0 amide bonds. The molecule has 2 nitrogen and oxygen atoms in total. The van der Waals surface area contributed by atoms with Crippen LogP contribution < -0.4 is 0 Å². The minimum absolute atomic E-state index is 0.00392. The maximum atomic E-state index is 6.25. The molecule has 0 saturated carbocycles. The molecule has 0 radical (unpaired) electrons. The van der Waals surface area contributed by atoms with Crippen LogP contribution in [0.25, 0.3) is 71.2 Å². The van der Waals surface area contributed by atoms with Crippen LogP contribution in [0.5, 0.6) is 0 Å². The molecule has 5 aromatic carbocycles. The zero-order chi connectivity index (χ0) is 23.1. The summed E-state index contributed by atoms with van der Waals surface area (Å²) < 4.78 is 8.74. The minimum Gasteiger partial charge on any atom is -0.456 e. The molecular formula is C33H21NO. The first-order valence-electron chi connectivity index (χ1n) is 12.3. The van der Waals surface area contributed by atoms with Crippen LogP contribution in [-0.4, -0.2) is 4.40 Å². The van der Waals surface area contributed by atoms with Crippen molar-refractivity contribution in [2.24, 2.45) is 0 Å². The van der Waals surface area contributed by atoms with E-state index in [2.05, 4.69) is 103 Å². The van der Waals surface area contributed by atoms with Crippen molar-refractivity contribution in [1.82, 2.24) is 4.40 Å². The van der Waals surface area contributed by atoms with E-state index in [0.717, 1.165) is 11.2 Å². The zero-order valence-corrected chi connectivity index (χ0v) is 19.5. The molecule has 3 heterocycles. The standard InChI is InChI=1S/C33H21NO/c1-33(2)22-12-5-3-8-18(22)28-23(33)14-15-24-29(28)20-10-7-11-21-30-25(34(24)32(20)21)16-17-27-31(30)19-9-4-6-13-26(19)35-27/h3-17H,1-2H3. The molecule has 9 rings (SSSR count). The van der Waals surface area contributed by atoms with Gasteiger partial charge in [0, 0.05) is 37.7 Å². The Kier molecular flexibility index (Phi) is 2.93. The number of furan rings is 1. The molecule has 0 spiro atoms. The third kappa shape index (κ3) is 1.89. The second-order valence-electron chi connectivity index (χ2n) is 10.5. The molecule has 0 saturated heterocycles. The van der Waals surface area contributed by atoms with Crippen LogP contribution in [0.3, 0.4) is 0 Å². The molecule has 0 bridgehead atoms. The Labute approximate surface area is 201 Å². The number of para-hydroxylation sites is 2. The molecule has 164 valence electrons. The SMILES string of the molecule is CC1(C)c2ccccc2-c2c1ccc1c2c2cccc3c4c5c(ccc4n1c23)oc1ccccc15. The second kappa shape index (κ2) is 5.67. The lowest BCUT2D eigenvalue weighted by Crippen LogP contribution is -2.14. The average Bonchev–Trinajstić information content (AvgIpc) is 3.58. The fourth-order valence-corrected chi connectivity index (χ4v) is 7.07. The lowest BCUT2D eigenvalue weighted by atomic mass is 9.82. The zero-order valence-electron chi connectivity index (χ0n) is 19.5. The van der Waals surface area contributed by atoms with Gasteiger partial charge >= 0.3 is 0 Å². The summed E-state index contributed by atoms with van der Waals surface area (Å²) >= 11 is 0. The number of rotatable bonds is 0. The molecule has 1 aliphatic carbocycles. The third-order valence-corrected chi connectivity index (χ3v) is 8.53. The normalized spacial score (nSPS) is 14.8. The van der Waals surface area contributed by atoms with E-state index < -0.39 is 0 Å². The number of benzene rings is 5. The van der Waals surface area contributed by atoms with Gasteiger partial charge in [0.1, 0.15) is 11.2 Å². The summed E-state index contributed by atoms with van der Waals surface area (Å²) in [5, 5.41) is 7.69. The van der Waals surface area contributed by atoms with Gasteiger partial charge in [-0.05, 0) is 46.5 Å². The Morgan fingerprint density at radius 1 is 0.571 bits per heavy atom. The van der Waals surface area contributed by atoms with Gasteiger partial charge in [-0.3, -0.25) is 0 Å². The fourth-order valence-electron chi connectivity index (χ4n) is 7.07. The molecule has 0 atom stereocenters. The van der Waals surface area contributed by atoms with Gasteiger partial charge in [-0.15, -0.1) is 0 Å². The Morgan fingerprint density at radius 2 is 1.29 bits per heavy atom. The molecular weight excluding hydrogens is 426 g/mol. The van der Waals surface area contributed by atoms with Crippen LogP contribution in [0.1, 0.15) is 25.0 Å². The Hall–Kier alpha value is -4.30. The van der Waals surface area contributed by atoms with Gasteiger partial charge in [0.2, 0.25) is 0 Å². The van der Waals surface area contributed by atoms with E-state index >= 15 is 0 Å². The van der Waals surface area contributed by atoms with E-state index in [-0.39, 0.29) is 5.41 Å². The first kappa shape index (κ1) is 18.1. The first-order chi connectivity index (χ1) is 17.1. The summed E-state index contributed by atoms with van der Waals surface area (Å²) in [7, 11) is 0. The monoisotopic (exact) mass is 447 g/mol. The molecule has 8 aromatic rings. The summed E-state index contributed by atoms with van der Waals surface area (Å²) in [6.07, 6.45) is 0. The Morgan fingerprint density at radius 3 is 2.20 bits per heavy atom. The minimum atomic E-state index is -0.00392. The molecule has 35 heavy (non-hydrogen) atoms. The highest BCUT2D eigenvalue weighted by Gasteiger charge is 2.37. The summed E-state index contributed by atoms with van der Waals surface area (Å²) in [6.45, 7) is 4.71. The van der Waals surface area contributed by atoms with Crippen LogP contribution >= 0.6 is 0 Å². The summed E-state index contributed by atoms with van der Waals surface area (Å²) in [5.74, 6) is 0. The van der Waals surface area contributed by atoms with Crippen molar-refractivity contribution in [2.75, 3.05) is 0 Å². The van der Waals surface area contributed by atoms with E-state index in [4.69, 9.17) is 4.42 Å². The number of aromatic nitrogens is 1. The highest BCUT2D eigenvalue weighted by atomic mass is 16.3. The van der Waals surface area contributed by atoms with Gasteiger partial charge in [0.05, 0.1) is 16.6 Å². The molecule has 0 unspecified atom stereocenters. The molecule has 3 aromatic heterocycles. The quantitative estimate of drug-likeness (QED) is 0.227. The highest BCUT2D eigenvalue weighted by molar-refractivity contribution is 6.33. The molecule has 1 aliphatic rings. The Bertz CT molecular complexity index is 2190. The topological polar surface area (TPSA) is 17.6 Å². The number of hydrogen-bond donors (Lipinski definition) is 0. The third-order valence-electron chi connectivity index (χ3n) is 8.53. The van der Waals surface area contributed by atoms with Gasteiger partial charge in [0.15, 0.2) is 0 Å². The van der Waals surface area contributed by atoms with Crippen LogP contribution in [0, 0.1) is 0 Å². The van der Waals surface area contributed by atoms with E-state index in [1.807, 2.05) is 6.07 Å². The largest absolute Gasteiger partial charge is 0.456 e. The van der Waals surface area contributed by atoms with Gasteiger partial charge in [-0.2, -0.15) is 0 Å². The first-order valence-corrected chi connectivity index (χ1v) is 12.3. The summed E-state index contributed by atoms with van der Waals surface area (Å²) in [6, 6.07) is 33.2. The predicted octanol–water partition coefficient (Wildman–Crippen LogP) is 9.04. The number of fused-ring (bicyclic) bond motifs is 14. The van der Waals surface area contributed by atoms with Crippen molar-refractivity contribution in [1.29, 1.82) is 0 Å². The predicted molar refractivity (Wildman–Crippen MR) is 146 cm³/mol. The average molecular weight is 448 g/mol. The smallest absolute Gasteiger partial charge is 0.136 e. The van der Waals surface area contributed by atoms with Crippen molar-refractivity contribution in [3.8, 4) is 11.1 Å². The lowest BCUT2D eigenvalue weighted by molar-refractivity contribution is 0.661. The molecule has 0 fully saturated rings. The fraction of sp³-hybridized carbons (Fsp3) is 0.0909. The molecule has 0 aliphatic heterocycles. The van der Waals surface area contributed by atoms with Crippen molar-refractivity contribution in [3.05, 3.63) is 102 Å². The second-order valence-corrected chi connectivity index (χ2v) is 10.5. The highest BCUT2D eigenvalue weighted by Crippen LogP contribution is 2.54. The van der Waals surface area contributed by atoms with Crippen LogP contribution in [0.2, 0.25) is 0 Å². The maximum Gasteiger partial charge on any atom is 0.136 e. The van der Waals surface area contributed by atoms with Crippen molar-refractivity contribution in [2.45, 2.75) is 19.3 Å². The van der Waals surface area contributed by atoms with E-state index in [1.54, 1.807) is 0 Å². The van der Waals surface area contributed by atoms with E-state index in [1.165, 1.54) is 71.1 Å². The maximum absolute atomic E-state index is 6.25. The van der Waals surface area contributed by atoms with Crippen molar-refractivity contribution in [3.63, 3.8) is 0 Å². The van der Waals surface area contributed by atoms with Gasteiger partial charge in [-0.1, -0.05) is 80.6 Å². The van der Waals surface area contributed by atoms with Gasteiger partial charge in [-0.25, -0.2) is 0 Å². The van der Waals surface area contributed by atoms with Gasteiger partial charge in [0.25, 0.3) is 0 Å².